The van der Waals surface area contributed by atoms with Crippen molar-refractivity contribution in [3.63, 3.8) is 0 Å². The Bertz CT molecular complexity index is 580. The quantitative estimate of drug-likeness (QED) is 0.580. The molecule has 0 radical (unpaired) electrons. The van der Waals surface area contributed by atoms with Crippen molar-refractivity contribution in [1.82, 2.24) is 0 Å². The highest BCUT2D eigenvalue weighted by Crippen LogP contribution is 2.37. The van der Waals surface area contributed by atoms with E-state index in [0.717, 1.165) is 18.1 Å². The highest BCUT2D eigenvalue weighted by Gasteiger charge is 2.30. The molecule has 0 spiro atoms. The lowest BCUT2D eigenvalue weighted by Gasteiger charge is -2.31. The predicted molar refractivity (Wildman–Crippen MR) is 93.4 cm³/mol. The maximum atomic E-state index is 6.26. The third kappa shape index (κ3) is 3.37. The molecular weight excluding hydrogens is 276 g/mol. The van der Waals surface area contributed by atoms with E-state index in [2.05, 4.69) is 55.1 Å². The maximum Gasteiger partial charge on any atom is 0.127 e. The first-order valence-electron chi connectivity index (χ1n) is 8.04. The molecule has 0 N–H and O–H groups in total. The summed E-state index contributed by atoms with van der Waals surface area (Å²) in [4.78, 5) is 0. The van der Waals surface area contributed by atoms with E-state index in [-0.39, 0.29) is 5.41 Å². The lowest BCUT2D eigenvalue weighted by Crippen LogP contribution is -2.30. The molecule has 1 nitrogen and oxygen atoms in total. The van der Waals surface area contributed by atoms with Gasteiger partial charge in [0.25, 0.3) is 0 Å². The van der Waals surface area contributed by atoms with Gasteiger partial charge in [-0.15, -0.1) is 0 Å². The number of benzene rings is 2. The summed E-state index contributed by atoms with van der Waals surface area (Å²) in [5.41, 5.74) is 0.260. The normalized spacial score (nSPS) is 18.3. The van der Waals surface area contributed by atoms with Gasteiger partial charge in [0.05, 0.1) is 6.61 Å². The van der Waals surface area contributed by atoms with E-state index >= 15 is 0 Å². The highest BCUT2D eigenvalue weighted by atomic mass is 32.1. The molecule has 0 amide bonds. The van der Waals surface area contributed by atoms with Crippen LogP contribution in [0, 0.1) is 5.41 Å². The standard InChI is InChI=1S/C19H24OS/c21-15-19(12-5-1-2-6-13-19)14-20-18-11-7-9-16-8-3-4-10-17(16)18/h3-4,7-11,21H,1-2,5-6,12-15H2. The van der Waals surface area contributed by atoms with Crippen LogP contribution in [0.25, 0.3) is 10.8 Å². The molecule has 112 valence electrons. The minimum atomic E-state index is 0.260. The Labute approximate surface area is 133 Å². The predicted octanol–water partition coefficient (Wildman–Crippen LogP) is 5.49. The van der Waals surface area contributed by atoms with E-state index < -0.39 is 0 Å². The molecule has 3 rings (SSSR count). The van der Waals surface area contributed by atoms with Gasteiger partial charge in [-0.25, -0.2) is 0 Å². The van der Waals surface area contributed by atoms with E-state index in [1.165, 1.54) is 49.3 Å². The smallest absolute Gasteiger partial charge is 0.127 e. The van der Waals surface area contributed by atoms with Crippen LogP contribution in [-0.4, -0.2) is 12.4 Å². The third-order valence-corrected chi connectivity index (χ3v) is 5.45. The molecule has 1 aliphatic rings. The van der Waals surface area contributed by atoms with Crippen LogP contribution in [0.5, 0.6) is 5.75 Å². The molecule has 0 bridgehead atoms. The van der Waals surface area contributed by atoms with Gasteiger partial charge < -0.3 is 4.74 Å². The molecule has 1 aliphatic carbocycles. The van der Waals surface area contributed by atoms with Gasteiger partial charge in [-0.05, 0) is 30.0 Å². The highest BCUT2D eigenvalue weighted by molar-refractivity contribution is 7.80. The Kier molecular flexibility index (Phi) is 4.74. The van der Waals surface area contributed by atoms with Gasteiger partial charge in [-0.1, -0.05) is 62.1 Å². The minimum Gasteiger partial charge on any atom is -0.492 e. The SMILES string of the molecule is SCC1(COc2cccc3ccccc23)CCCCCC1. The maximum absolute atomic E-state index is 6.26. The van der Waals surface area contributed by atoms with Gasteiger partial charge in [-0.2, -0.15) is 12.6 Å². The first-order valence-corrected chi connectivity index (χ1v) is 8.68. The Morgan fingerprint density at radius 1 is 0.905 bits per heavy atom. The average molecular weight is 300 g/mol. The number of ether oxygens (including phenoxy) is 1. The lowest BCUT2D eigenvalue weighted by atomic mass is 9.83. The van der Waals surface area contributed by atoms with E-state index in [0.29, 0.717) is 0 Å². The number of rotatable bonds is 4. The average Bonchev–Trinajstić information content (AvgIpc) is 2.79. The molecule has 0 saturated heterocycles. The molecule has 0 aromatic heterocycles. The summed E-state index contributed by atoms with van der Waals surface area (Å²) >= 11 is 4.64. The molecule has 2 heteroatoms. The summed E-state index contributed by atoms with van der Waals surface area (Å²) in [6, 6.07) is 14.8. The van der Waals surface area contributed by atoms with Crippen molar-refractivity contribution in [1.29, 1.82) is 0 Å². The Hall–Kier alpha value is -1.15. The molecule has 1 fully saturated rings. The fraction of sp³-hybridized carbons (Fsp3) is 0.474. The van der Waals surface area contributed by atoms with Crippen molar-refractivity contribution < 1.29 is 4.74 Å². The van der Waals surface area contributed by atoms with Crippen molar-refractivity contribution in [2.45, 2.75) is 38.5 Å². The van der Waals surface area contributed by atoms with Gasteiger partial charge in [0.15, 0.2) is 0 Å². The summed E-state index contributed by atoms with van der Waals surface area (Å²) in [6.45, 7) is 0.796. The second-order valence-corrected chi connectivity index (χ2v) is 6.65. The van der Waals surface area contributed by atoms with E-state index in [4.69, 9.17) is 4.74 Å². The Balaban J connectivity index is 1.78. The van der Waals surface area contributed by atoms with Gasteiger partial charge in [0.2, 0.25) is 0 Å². The van der Waals surface area contributed by atoms with Crippen LogP contribution in [0.3, 0.4) is 0 Å². The van der Waals surface area contributed by atoms with E-state index in [9.17, 15) is 0 Å². The number of hydrogen-bond acceptors (Lipinski definition) is 2. The fourth-order valence-electron chi connectivity index (χ4n) is 3.38. The number of fused-ring (bicyclic) bond motifs is 1. The van der Waals surface area contributed by atoms with Gasteiger partial charge in [-0.3, -0.25) is 0 Å². The van der Waals surface area contributed by atoms with Crippen molar-refractivity contribution in [2.24, 2.45) is 5.41 Å². The van der Waals surface area contributed by atoms with Crippen molar-refractivity contribution in [3.8, 4) is 5.75 Å². The number of hydrogen-bond donors (Lipinski definition) is 1. The summed E-state index contributed by atoms with van der Waals surface area (Å²) in [5, 5.41) is 2.46. The number of thiol groups is 1. The first-order chi connectivity index (χ1) is 10.3. The van der Waals surface area contributed by atoms with Gasteiger partial charge >= 0.3 is 0 Å². The largest absolute Gasteiger partial charge is 0.492 e. The fourth-order valence-corrected chi connectivity index (χ4v) is 3.79. The van der Waals surface area contributed by atoms with Crippen molar-refractivity contribution in [3.05, 3.63) is 42.5 Å². The zero-order chi connectivity index (χ0) is 14.5. The first kappa shape index (κ1) is 14.8. The molecule has 21 heavy (non-hydrogen) atoms. The summed E-state index contributed by atoms with van der Waals surface area (Å²) in [6.07, 6.45) is 7.87. The van der Waals surface area contributed by atoms with Crippen molar-refractivity contribution >= 4 is 23.4 Å². The minimum absolute atomic E-state index is 0.260. The molecule has 0 aliphatic heterocycles. The van der Waals surface area contributed by atoms with Crippen LogP contribution >= 0.6 is 12.6 Å². The Morgan fingerprint density at radius 3 is 2.38 bits per heavy atom. The summed E-state index contributed by atoms with van der Waals surface area (Å²) in [7, 11) is 0. The Morgan fingerprint density at radius 2 is 1.62 bits per heavy atom. The van der Waals surface area contributed by atoms with Gasteiger partial charge in [0, 0.05) is 10.8 Å². The van der Waals surface area contributed by atoms with Crippen LogP contribution in [0.1, 0.15) is 38.5 Å². The van der Waals surface area contributed by atoms with Crippen LogP contribution in [0.15, 0.2) is 42.5 Å². The van der Waals surface area contributed by atoms with Crippen LogP contribution in [0.4, 0.5) is 0 Å². The van der Waals surface area contributed by atoms with Crippen LogP contribution in [-0.2, 0) is 0 Å². The van der Waals surface area contributed by atoms with Gasteiger partial charge in [0.1, 0.15) is 5.75 Å². The van der Waals surface area contributed by atoms with Crippen LogP contribution < -0.4 is 4.74 Å². The molecule has 2 aromatic rings. The second-order valence-electron chi connectivity index (χ2n) is 6.34. The second kappa shape index (κ2) is 6.74. The molecular formula is C19H24OS. The third-order valence-electron chi connectivity index (χ3n) is 4.78. The molecule has 2 aromatic carbocycles. The molecule has 0 atom stereocenters. The zero-order valence-corrected chi connectivity index (χ0v) is 13.4. The summed E-state index contributed by atoms with van der Waals surface area (Å²) < 4.78 is 6.26. The summed E-state index contributed by atoms with van der Waals surface area (Å²) in [5.74, 6) is 1.94. The lowest BCUT2D eigenvalue weighted by molar-refractivity contribution is 0.150. The van der Waals surface area contributed by atoms with E-state index in [1.54, 1.807) is 0 Å². The van der Waals surface area contributed by atoms with E-state index in [1.807, 2.05) is 0 Å². The zero-order valence-electron chi connectivity index (χ0n) is 12.6. The molecule has 0 unspecified atom stereocenters. The molecule has 1 saturated carbocycles. The van der Waals surface area contributed by atoms with Crippen LogP contribution in [0.2, 0.25) is 0 Å². The van der Waals surface area contributed by atoms with Crippen molar-refractivity contribution in [2.75, 3.05) is 12.4 Å². The topological polar surface area (TPSA) is 9.23 Å². The monoisotopic (exact) mass is 300 g/mol. The molecule has 0 heterocycles.